The number of nitro groups is 1. The number of likely N-dealkylation sites (N-methyl/N-ethyl adjacent to an activating group) is 1. The summed E-state index contributed by atoms with van der Waals surface area (Å²) in [4.78, 5) is 48.6. The van der Waals surface area contributed by atoms with Crippen LogP contribution in [0.25, 0.3) is 0 Å². The fraction of sp³-hybridized carbons (Fsp3) is 0.211. The summed E-state index contributed by atoms with van der Waals surface area (Å²) < 4.78 is 5.64. The van der Waals surface area contributed by atoms with Crippen LogP contribution in [-0.4, -0.2) is 48.9 Å². The second-order valence-electron chi connectivity index (χ2n) is 6.18. The van der Waals surface area contributed by atoms with E-state index in [-0.39, 0.29) is 30.2 Å². The Morgan fingerprint density at radius 3 is 2.69 bits per heavy atom. The molecular weight excluding hydrogens is 380 g/mol. The SMILES string of the molecule is CNC(=O)[C@H]1CN(C(=O)CNC(=O)c2cccc([N+](=O)[O-])c2)c2ccccc2O1. The molecule has 0 saturated carbocycles. The Hall–Kier alpha value is -3.95. The first-order valence-electron chi connectivity index (χ1n) is 8.71. The van der Waals surface area contributed by atoms with Gasteiger partial charge < -0.3 is 20.3 Å². The Bertz CT molecular complexity index is 977. The molecule has 29 heavy (non-hydrogen) atoms. The smallest absolute Gasteiger partial charge is 0.270 e. The lowest BCUT2D eigenvalue weighted by Gasteiger charge is -2.34. The first-order valence-corrected chi connectivity index (χ1v) is 8.71. The van der Waals surface area contributed by atoms with Crippen molar-refractivity contribution in [2.75, 3.05) is 25.0 Å². The van der Waals surface area contributed by atoms with Crippen LogP contribution in [-0.2, 0) is 9.59 Å². The molecule has 1 aliphatic heterocycles. The summed E-state index contributed by atoms with van der Waals surface area (Å²) in [7, 11) is 1.47. The van der Waals surface area contributed by atoms with E-state index in [0.29, 0.717) is 11.4 Å². The van der Waals surface area contributed by atoms with Crippen LogP contribution in [0.15, 0.2) is 48.5 Å². The van der Waals surface area contributed by atoms with Gasteiger partial charge in [0, 0.05) is 24.7 Å². The zero-order valence-corrected chi connectivity index (χ0v) is 15.5. The van der Waals surface area contributed by atoms with Crippen LogP contribution in [0.3, 0.4) is 0 Å². The van der Waals surface area contributed by atoms with Gasteiger partial charge in [-0.3, -0.25) is 24.5 Å². The van der Waals surface area contributed by atoms with Gasteiger partial charge in [0.05, 0.1) is 23.7 Å². The number of nitro benzene ring substituents is 1. The van der Waals surface area contributed by atoms with Crippen molar-refractivity contribution in [3.8, 4) is 5.75 Å². The van der Waals surface area contributed by atoms with Crippen LogP contribution in [0.2, 0.25) is 0 Å². The summed E-state index contributed by atoms with van der Waals surface area (Å²) in [5.74, 6) is -1.07. The Labute approximate surface area is 165 Å². The van der Waals surface area contributed by atoms with Gasteiger partial charge in [-0.15, -0.1) is 0 Å². The Morgan fingerprint density at radius 1 is 1.21 bits per heavy atom. The second kappa shape index (κ2) is 8.38. The lowest BCUT2D eigenvalue weighted by atomic mass is 10.1. The van der Waals surface area contributed by atoms with Crippen molar-refractivity contribution < 1.29 is 24.0 Å². The zero-order valence-electron chi connectivity index (χ0n) is 15.5. The van der Waals surface area contributed by atoms with Gasteiger partial charge in [-0.2, -0.15) is 0 Å². The molecule has 1 heterocycles. The van der Waals surface area contributed by atoms with Crippen molar-refractivity contribution in [1.82, 2.24) is 10.6 Å². The minimum absolute atomic E-state index is 0.0117. The molecule has 0 aliphatic carbocycles. The predicted molar refractivity (Wildman–Crippen MR) is 103 cm³/mol. The number of nitrogens with one attached hydrogen (secondary N) is 2. The number of amides is 3. The Morgan fingerprint density at radius 2 is 1.97 bits per heavy atom. The van der Waals surface area contributed by atoms with Crippen LogP contribution >= 0.6 is 0 Å². The van der Waals surface area contributed by atoms with Gasteiger partial charge in [-0.25, -0.2) is 0 Å². The fourth-order valence-electron chi connectivity index (χ4n) is 2.88. The number of carbonyl (C=O) groups is 3. The molecule has 0 saturated heterocycles. The van der Waals surface area contributed by atoms with Crippen molar-refractivity contribution in [3.63, 3.8) is 0 Å². The van der Waals surface area contributed by atoms with Gasteiger partial charge in [0.15, 0.2) is 6.10 Å². The minimum Gasteiger partial charge on any atom is -0.477 e. The minimum atomic E-state index is -0.883. The molecule has 2 N–H and O–H groups in total. The molecule has 3 rings (SSSR count). The number of hydrogen-bond acceptors (Lipinski definition) is 6. The van der Waals surface area contributed by atoms with Crippen LogP contribution in [0.5, 0.6) is 5.75 Å². The van der Waals surface area contributed by atoms with E-state index in [9.17, 15) is 24.5 Å². The highest BCUT2D eigenvalue weighted by Gasteiger charge is 2.33. The van der Waals surface area contributed by atoms with Gasteiger partial charge in [0.1, 0.15) is 5.75 Å². The molecule has 0 radical (unpaired) electrons. The highest BCUT2D eigenvalue weighted by molar-refractivity contribution is 6.02. The molecule has 0 aromatic heterocycles. The highest BCUT2D eigenvalue weighted by Crippen LogP contribution is 2.33. The zero-order chi connectivity index (χ0) is 21.0. The maximum Gasteiger partial charge on any atom is 0.270 e. The van der Waals surface area contributed by atoms with Crippen molar-refractivity contribution in [2.45, 2.75) is 6.10 Å². The molecule has 1 atom stereocenters. The normalized spacial score (nSPS) is 14.9. The standard InChI is InChI=1S/C19H18N4O6/c1-20-19(26)16-11-22(14-7-2-3-8-15(14)29-16)17(24)10-21-18(25)12-5-4-6-13(9-12)23(27)28/h2-9,16H,10-11H2,1H3,(H,20,26)(H,21,25)/t16-/m1/s1. The number of anilines is 1. The first kappa shape index (κ1) is 19.8. The average Bonchev–Trinajstić information content (AvgIpc) is 2.75. The summed E-state index contributed by atoms with van der Waals surface area (Å²) in [5.41, 5.74) is 0.333. The van der Waals surface area contributed by atoms with Gasteiger partial charge in [0.2, 0.25) is 5.91 Å². The number of carbonyl (C=O) groups excluding carboxylic acids is 3. The van der Waals surface area contributed by atoms with E-state index in [1.54, 1.807) is 24.3 Å². The summed E-state index contributed by atoms with van der Waals surface area (Å²) in [6.07, 6.45) is -0.883. The van der Waals surface area contributed by atoms with E-state index in [1.165, 1.54) is 30.1 Å². The third kappa shape index (κ3) is 4.32. The van der Waals surface area contributed by atoms with Crippen LogP contribution in [0, 0.1) is 10.1 Å². The van der Waals surface area contributed by atoms with Crippen LogP contribution in [0.4, 0.5) is 11.4 Å². The van der Waals surface area contributed by atoms with Crippen LogP contribution in [0.1, 0.15) is 10.4 Å². The van der Waals surface area contributed by atoms with E-state index < -0.39 is 22.8 Å². The van der Waals surface area contributed by atoms with E-state index >= 15 is 0 Å². The van der Waals surface area contributed by atoms with Crippen LogP contribution < -0.4 is 20.3 Å². The van der Waals surface area contributed by atoms with Gasteiger partial charge in [0.25, 0.3) is 17.5 Å². The van der Waals surface area contributed by atoms with Crippen molar-refractivity contribution in [1.29, 1.82) is 0 Å². The van der Waals surface area contributed by atoms with Gasteiger partial charge in [-0.05, 0) is 18.2 Å². The molecule has 2 aromatic rings. The lowest BCUT2D eigenvalue weighted by Crippen LogP contribution is -2.52. The van der Waals surface area contributed by atoms with E-state index in [2.05, 4.69) is 10.6 Å². The molecule has 2 aromatic carbocycles. The molecule has 150 valence electrons. The maximum absolute atomic E-state index is 12.7. The number of hydrogen-bond donors (Lipinski definition) is 2. The number of non-ortho nitro benzene ring substituents is 1. The molecule has 0 bridgehead atoms. The monoisotopic (exact) mass is 398 g/mol. The molecule has 1 aliphatic rings. The number of para-hydroxylation sites is 2. The quantitative estimate of drug-likeness (QED) is 0.567. The fourth-order valence-corrected chi connectivity index (χ4v) is 2.88. The third-order valence-electron chi connectivity index (χ3n) is 4.33. The van der Waals surface area contributed by atoms with Crippen molar-refractivity contribution in [2.24, 2.45) is 0 Å². The van der Waals surface area contributed by atoms with E-state index in [0.717, 1.165) is 6.07 Å². The number of rotatable bonds is 5. The number of fused-ring (bicyclic) bond motifs is 1. The molecule has 0 unspecified atom stereocenters. The molecular formula is C19H18N4O6. The molecule has 0 spiro atoms. The lowest BCUT2D eigenvalue weighted by molar-refractivity contribution is -0.384. The summed E-state index contributed by atoms with van der Waals surface area (Å²) in [5, 5.41) is 15.8. The van der Waals surface area contributed by atoms with Crippen molar-refractivity contribution >= 4 is 29.1 Å². The molecule has 0 fully saturated rings. The topological polar surface area (TPSA) is 131 Å². The van der Waals surface area contributed by atoms with Gasteiger partial charge in [-0.1, -0.05) is 18.2 Å². The summed E-state index contributed by atoms with van der Waals surface area (Å²) >= 11 is 0. The van der Waals surface area contributed by atoms with Crippen molar-refractivity contribution in [3.05, 3.63) is 64.2 Å². The highest BCUT2D eigenvalue weighted by atomic mass is 16.6. The average molecular weight is 398 g/mol. The predicted octanol–water partition coefficient (Wildman–Crippen LogP) is 0.865. The maximum atomic E-state index is 12.7. The number of ether oxygens (including phenoxy) is 1. The Kier molecular flexibility index (Phi) is 5.72. The number of nitrogens with zero attached hydrogens (tertiary/aromatic N) is 2. The molecule has 3 amide bonds. The first-order chi connectivity index (χ1) is 13.9. The number of benzene rings is 2. The third-order valence-corrected chi connectivity index (χ3v) is 4.33. The molecule has 10 nitrogen and oxygen atoms in total. The summed E-state index contributed by atoms with van der Waals surface area (Å²) in [6.45, 7) is -0.363. The largest absolute Gasteiger partial charge is 0.477 e. The second-order valence-corrected chi connectivity index (χ2v) is 6.18. The van der Waals surface area contributed by atoms with E-state index in [4.69, 9.17) is 4.74 Å². The van der Waals surface area contributed by atoms with E-state index in [1.807, 2.05) is 0 Å². The molecule has 10 heteroatoms. The summed E-state index contributed by atoms with van der Waals surface area (Å²) in [6, 6.07) is 12.0. The van der Waals surface area contributed by atoms with Gasteiger partial charge >= 0.3 is 0 Å². The Balaban J connectivity index is 1.72.